The van der Waals surface area contributed by atoms with Crippen molar-refractivity contribution in [2.75, 3.05) is 19.1 Å². The summed E-state index contributed by atoms with van der Waals surface area (Å²) in [5, 5.41) is 2.74. The highest BCUT2D eigenvalue weighted by atomic mass is 16.6. The molecule has 0 saturated heterocycles. The number of likely N-dealkylation sites (N-methyl/N-ethyl adjacent to an activating group) is 1. The Morgan fingerprint density at radius 3 is 2.30 bits per heavy atom. The van der Waals surface area contributed by atoms with E-state index in [0.717, 1.165) is 11.1 Å². The number of ether oxygens (including phenoxy) is 2. The highest BCUT2D eigenvalue weighted by Gasteiger charge is 2.27. The van der Waals surface area contributed by atoms with Gasteiger partial charge in [0, 0.05) is 19.2 Å². The van der Waals surface area contributed by atoms with Crippen molar-refractivity contribution in [1.82, 2.24) is 5.32 Å². The SMILES string of the molecule is [CH2]Cc1cccc(C[C@H](NC(=O)OC(C)(C)C)C(=O)N(C)c2ccc(OC)cc2)c1. The molecule has 0 heterocycles. The number of methoxy groups -OCH3 is 1. The van der Waals surface area contributed by atoms with Gasteiger partial charge in [-0.15, -0.1) is 0 Å². The maximum atomic E-state index is 13.3. The van der Waals surface area contributed by atoms with Crippen molar-refractivity contribution >= 4 is 17.7 Å². The van der Waals surface area contributed by atoms with Crippen LogP contribution in [-0.2, 0) is 22.4 Å². The van der Waals surface area contributed by atoms with E-state index in [1.165, 1.54) is 4.90 Å². The second kappa shape index (κ2) is 10.1. The highest BCUT2D eigenvalue weighted by molar-refractivity contribution is 5.98. The van der Waals surface area contributed by atoms with E-state index >= 15 is 0 Å². The minimum atomic E-state index is -0.785. The van der Waals surface area contributed by atoms with Crippen LogP contribution in [-0.4, -0.2) is 37.8 Å². The second-order valence-electron chi connectivity index (χ2n) is 8.07. The molecule has 0 unspecified atom stereocenters. The van der Waals surface area contributed by atoms with E-state index in [9.17, 15) is 9.59 Å². The van der Waals surface area contributed by atoms with Gasteiger partial charge in [0.2, 0.25) is 5.91 Å². The van der Waals surface area contributed by atoms with Crippen molar-refractivity contribution in [2.45, 2.75) is 45.3 Å². The fourth-order valence-corrected chi connectivity index (χ4v) is 2.96. The molecule has 0 bridgehead atoms. The van der Waals surface area contributed by atoms with Crippen LogP contribution in [0.2, 0.25) is 0 Å². The fourth-order valence-electron chi connectivity index (χ4n) is 2.96. The van der Waals surface area contributed by atoms with E-state index in [1.807, 2.05) is 24.3 Å². The Morgan fingerprint density at radius 2 is 1.73 bits per heavy atom. The minimum absolute atomic E-state index is 0.244. The molecule has 1 radical (unpaired) electrons. The summed E-state index contributed by atoms with van der Waals surface area (Å²) in [7, 11) is 3.27. The van der Waals surface area contributed by atoms with Crippen LogP contribution in [0.25, 0.3) is 0 Å². The Balaban J connectivity index is 2.25. The van der Waals surface area contributed by atoms with Crippen LogP contribution in [0.1, 0.15) is 31.9 Å². The molecule has 0 saturated carbocycles. The number of benzene rings is 2. The molecule has 0 spiro atoms. The summed E-state index contributed by atoms with van der Waals surface area (Å²) in [5.41, 5.74) is 2.05. The Hall–Kier alpha value is -3.02. The highest BCUT2D eigenvalue weighted by Crippen LogP contribution is 2.20. The summed E-state index contributed by atoms with van der Waals surface area (Å²) in [5.74, 6) is 0.457. The largest absolute Gasteiger partial charge is 0.497 e. The van der Waals surface area contributed by atoms with Crippen LogP contribution >= 0.6 is 0 Å². The van der Waals surface area contributed by atoms with Gasteiger partial charge in [-0.1, -0.05) is 24.3 Å². The number of nitrogens with zero attached hydrogens (tertiary/aromatic N) is 1. The number of hydrogen-bond donors (Lipinski definition) is 1. The van der Waals surface area contributed by atoms with Gasteiger partial charge in [-0.2, -0.15) is 0 Å². The summed E-state index contributed by atoms with van der Waals surface area (Å²) in [6.45, 7) is 9.25. The number of hydrogen-bond acceptors (Lipinski definition) is 4. The molecule has 0 aliphatic rings. The van der Waals surface area contributed by atoms with E-state index in [-0.39, 0.29) is 5.91 Å². The van der Waals surface area contributed by atoms with Crippen LogP contribution in [0.15, 0.2) is 48.5 Å². The van der Waals surface area contributed by atoms with Gasteiger partial charge in [0.15, 0.2) is 0 Å². The van der Waals surface area contributed by atoms with Crippen molar-refractivity contribution in [1.29, 1.82) is 0 Å². The molecule has 30 heavy (non-hydrogen) atoms. The minimum Gasteiger partial charge on any atom is -0.497 e. The maximum absolute atomic E-state index is 13.3. The zero-order valence-electron chi connectivity index (χ0n) is 18.4. The third kappa shape index (κ3) is 6.79. The molecule has 1 atom stereocenters. The lowest BCUT2D eigenvalue weighted by molar-refractivity contribution is -0.120. The van der Waals surface area contributed by atoms with Crippen LogP contribution in [0.3, 0.4) is 0 Å². The summed E-state index contributed by atoms with van der Waals surface area (Å²) in [6.07, 6.45) is 0.363. The van der Waals surface area contributed by atoms with Crippen molar-refractivity contribution < 1.29 is 19.1 Å². The van der Waals surface area contributed by atoms with Gasteiger partial charge in [-0.25, -0.2) is 4.79 Å². The fraction of sp³-hybridized carbons (Fsp3) is 0.375. The van der Waals surface area contributed by atoms with Crippen molar-refractivity contribution in [3.63, 3.8) is 0 Å². The molecule has 2 amide bonds. The van der Waals surface area contributed by atoms with E-state index in [4.69, 9.17) is 9.47 Å². The number of amides is 2. The molecule has 2 aromatic rings. The molecule has 0 aliphatic carbocycles. The van der Waals surface area contributed by atoms with Crippen LogP contribution in [0.5, 0.6) is 5.75 Å². The van der Waals surface area contributed by atoms with E-state index in [2.05, 4.69) is 12.2 Å². The van der Waals surface area contributed by atoms with Crippen molar-refractivity contribution in [3.05, 3.63) is 66.6 Å². The van der Waals surface area contributed by atoms with E-state index < -0.39 is 17.7 Å². The smallest absolute Gasteiger partial charge is 0.408 e. The average Bonchev–Trinajstić information content (AvgIpc) is 2.71. The maximum Gasteiger partial charge on any atom is 0.408 e. The first-order valence-electron chi connectivity index (χ1n) is 9.91. The monoisotopic (exact) mass is 411 g/mol. The standard InChI is InChI=1S/C24H31N2O4/c1-7-17-9-8-10-18(15-17)16-21(25-23(28)30-24(2,3)4)22(27)26(5)19-11-13-20(29-6)14-12-19/h8-15,21H,1,7,16H2,2-6H3,(H,25,28)/t21-/m0/s1. The van der Waals surface area contributed by atoms with Gasteiger partial charge in [-0.3, -0.25) is 4.79 Å². The Kier molecular flexibility index (Phi) is 7.86. The van der Waals surface area contributed by atoms with Crippen molar-refractivity contribution in [2.24, 2.45) is 0 Å². The topological polar surface area (TPSA) is 67.9 Å². The van der Waals surface area contributed by atoms with Crippen LogP contribution < -0.4 is 15.0 Å². The number of anilines is 1. The number of rotatable bonds is 7. The average molecular weight is 412 g/mol. The summed E-state index contributed by atoms with van der Waals surface area (Å²) in [6, 6.07) is 14.2. The molecule has 0 aromatic heterocycles. The normalized spacial score (nSPS) is 12.1. The quantitative estimate of drug-likeness (QED) is 0.743. The molecule has 161 valence electrons. The summed E-state index contributed by atoms with van der Waals surface area (Å²) >= 11 is 0. The number of carbonyl (C=O) groups is 2. The Labute approximate surface area is 179 Å². The predicted molar refractivity (Wildman–Crippen MR) is 119 cm³/mol. The Bertz CT molecular complexity index is 856. The lowest BCUT2D eigenvalue weighted by atomic mass is 10.0. The van der Waals surface area contributed by atoms with Crippen LogP contribution in [0, 0.1) is 6.92 Å². The molecular weight excluding hydrogens is 380 g/mol. The molecular formula is C24H31N2O4. The molecule has 6 nitrogen and oxygen atoms in total. The summed E-state index contributed by atoms with van der Waals surface area (Å²) in [4.78, 5) is 27.2. The molecule has 0 fully saturated rings. The first-order chi connectivity index (χ1) is 14.1. The lowest BCUT2D eigenvalue weighted by Crippen LogP contribution is -2.50. The number of alkyl carbamates (subject to hydrolysis) is 1. The third-order valence-corrected chi connectivity index (χ3v) is 4.50. The van der Waals surface area contributed by atoms with Gasteiger partial charge >= 0.3 is 6.09 Å². The van der Waals surface area contributed by atoms with E-state index in [1.54, 1.807) is 59.2 Å². The Morgan fingerprint density at radius 1 is 1.10 bits per heavy atom. The number of carbonyl (C=O) groups excluding carboxylic acids is 2. The molecule has 1 N–H and O–H groups in total. The molecule has 2 rings (SSSR count). The number of nitrogens with one attached hydrogen (secondary N) is 1. The predicted octanol–water partition coefficient (Wildman–Crippen LogP) is 4.17. The van der Waals surface area contributed by atoms with Gasteiger partial charge in [0.05, 0.1) is 7.11 Å². The summed E-state index contributed by atoms with van der Waals surface area (Å²) < 4.78 is 10.5. The zero-order chi connectivity index (χ0) is 22.3. The second-order valence-corrected chi connectivity index (χ2v) is 8.07. The lowest BCUT2D eigenvalue weighted by Gasteiger charge is -2.27. The van der Waals surface area contributed by atoms with E-state index in [0.29, 0.717) is 24.3 Å². The molecule has 6 heteroatoms. The van der Waals surface area contributed by atoms with Gasteiger partial charge in [0.1, 0.15) is 17.4 Å². The van der Waals surface area contributed by atoms with Gasteiger partial charge in [0.25, 0.3) is 0 Å². The first kappa shape index (κ1) is 23.3. The van der Waals surface area contributed by atoms with Gasteiger partial charge in [-0.05, 0) is 69.5 Å². The van der Waals surface area contributed by atoms with Gasteiger partial charge < -0.3 is 19.7 Å². The third-order valence-electron chi connectivity index (χ3n) is 4.50. The molecule has 2 aromatic carbocycles. The van der Waals surface area contributed by atoms with Crippen LogP contribution in [0.4, 0.5) is 10.5 Å². The zero-order valence-corrected chi connectivity index (χ0v) is 18.4. The molecule has 0 aliphatic heterocycles. The van der Waals surface area contributed by atoms with Crippen molar-refractivity contribution in [3.8, 4) is 5.75 Å². The first-order valence-corrected chi connectivity index (χ1v) is 9.91.